The van der Waals surface area contributed by atoms with Crippen LogP contribution in [0.2, 0.25) is 0 Å². The van der Waals surface area contributed by atoms with Gasteiger partial charge >= 0.3 is 0 Å². The van der Waals surface area contributed by atoms with Crippen LogP contribution in [-0.2, 0) is 13.5 Å². The Morgan fingerprint density at radius 3 is 2.67 bits per heavy atom. The standard InChI is InChI=1S/C15H21N5O/c1-5-6-12-8-11(9-13(16-3)17-12)15(21)18-14-7-10(2)19-20(14)4/h7-9H,5-6H2,1-4H3,(H,16,17)(H,18,21). The SMILES string of the molecule is CCCc1cc(C(=O)Nc2cc(C)nn2C)cc(NC)n1. The molecule has 0 saturated heterocycles. The summed E-state index contributed by atoms with van der Waals surface area (Å²) in [5.41, 5.74) is 2.37. The van der Waals surface area contributed by atoms with Gasteiger partial charge in [-0.05, 0) is 25.5 Å². The van der Waals surface area contributed by atoms with E-state index in [4.69, 9.17) is 0 Å². The number of aromatic nitrogens is 3. The van der Waals surface area contributed by atoms with E-state index < -0.39 is 0 Å². The van der Waals surface area contributed by atoms with E-state index in [1.807, 2.05) is 19.1 Å². The van der Waals surface area contributed by atoms with Gasteiger partial charge in [0.1, 0.15) is 11.6 Å². The highest BCUT2D eigenvalue weighted by Crippen LogP contribution is 2.15. The van der Waals surface area contributed by atoms with E-state index in [1.54, 1.807) is 24.8 Å². The van der Waals surface area contributed by atoms with Gasteiger partial charge in [0, 0.05) is 31.4 Å². The van der Waals surface area contributed by atoms with E-state index in [1.165, 1.54) is 0 Å². The topological polar surface area (TPSA) is 71.8 Å². The number of nitrogens with zero attached hydrogens (tertiary/aromatic N) is 3. The van der Waals surface area contributed by atoms with Crippen molar-refractivity contribution in [2.75, 3.05) is 17.7 Å². The highest BCUT2D eigenvalue weighted by atomic mass is 16.1. The maximum atomic E-state index is 12.4. The monoisotopic (exact) mass is 287 g/mol. The average Bonchev–Trinajstić information content (AvgIpc) is 2.76. The highest BCUT2D eigenvalue weighted by Gasteiger charge is 2.12. The van der Waals surface area contributed by atoms with Crippen LogP contribution in [0.3, 0.4) is 0 Å². The number of amides is 1. The molecule has 0 unspecified atom stereocenters. The Morgan fingerprint density at radius 1 is 1.33 bits per heavy atom. The molecule has 0 aliphatic carbocycles. The molecule has 112 valence electrons. The van der Waals surface area contributed by atoms with Crippen LogP contribution in [0.1, 0.15) is 35.1 Å². The number of carbonyl (C=O) groups excluding carboxylic acids is 1. The molecule has 0 radical (unpaired) electrons. The molecule has 2 N–H and O–H groups in total. The van der Waals surface area contributed by atoms with Crippen LogP contribution in [0.5, 0.6) is 0 Å². The van der Waals surface area contributed by atoms with E-state index in [0.717, 1.165) is 24.2 Å². The van der Waals surface area contributed by atoms with Crippen LogP contribution >= 0.6 is 0 Å². The van der Waals surface area contributed by atoms with Crippen molar-refractivity contribution in [1.29, 1.82) is 0 Å². The van der Waals surface area contributed by atoms with Crippen LogP contribution in [0.25, 0.3) is 0 Å². The second-order valence-corrected chi connectivity index (χ2v) is 4.98. The smallest absolute Gasteiger partial charge is 0.257 e. The van der Waals surface area contributed by atoms with Crippen molar-refractivity contribution < 1.29 is 4.79 Å². The van der Waals surface area contributed by atoms with Gasteiger partial charge in [0.15, 0.2) is 0 Å². The van der Waals surface area contributed by atoms with Crippen molar-refractivity contribution in [2.45, 2.75) is 26.7 Å². The molecule has 6 heteroatoms. The summed E-state index contributed by atoms with van der Waals surface area (Å²) in [7, 11) is 3.60. The first-order valence-electron chi connectivity index (χ1n) is 7.04. The van der Waals surface area contributed by atoms with Gasteiger partial charge < -0.3 is 10.6 Å². The van der Waals surface area contributed by atoms with Gasteiger partial charge in [0.05, 0.1) is 5.69 Å². The van der Waals surface area contributed by atoms with Crippen molar-refractivity contribution in [2.24, 2.45) is 7.05 Å². The molecule has 2 aromatic rings. The Hall–Kier alpha value is -2.37. The van der Waals surface area contributed by atoms with Gasteiger partial charge in [0.25, 0.3) is 5.91 Å². The van der Waals surface area contributed by atoms with Gasteiger partial charge in [0.2, 0.25) is 0 Å². The third-order valence-corrected chi connectivity index (χ3v) is 3.15. The summed E-state index contributed by atoms with van der Waals surface area (Å²) in [6, 6.07) is 5.42. The predicted octanol–water partition coefficient (Wildman–Crippen LogP) is 2.37. The minimum atomic E-state index is -0.158. The van der Waals surface area contributed by atoms with Crippen molar-refractivity contribution in [3.63, 3.8) is 0 Å². The maximum absolute atomic E-state index is 12.4. The molecule has 0 spiro atoms. The molecule has 0 saturated carbocycles. The summed E-state index contributed by atoms with van der Waals surface area (Å²) in [4.78, 5) is 16.8. The molecule has 0 aromatic carbocycles. The predicted molar refractivity (Wildman–Crippen MR) is 83.7 cm³/mol. The summed E-state index contributed by atoms with van der Waals surface area (Å²) < 4.78 is 1.65. The lowest BCUT2D eigenvalue weighted by Crippen LogP contribution is -2.15. The Bertz CT molecular complexity index is 648. The minimum Gasteiger partial charge on any atom is -0.373 e. The van der Waals surface area contributed by atoms with Crippen LogP contribution in [-0.4, -0.2) is 27.7 Å². The molecule has 2 aromatic heterocycles. The van der Waals surface area contributed by atoms with E-state index in [0.29, 0.717) is 17.2 Å². The zero-order valence-electron chi connectivity index (χ0n) is 12.9. The molecule has 2 heterocycles. The number of nitrogens with one attached hydrogen (secondary N) is 2. The van der Waals surface area contributed by atoms with Crippen LogP contribution < -0.4 is 10.6 Å². The Kier molecular flexibility index (Phi) is 4.57. The Morgan fingerprint density at radius 2 is 2.10 bits per heavy atom. The number of carbonyl (C=O) groups is 1. The Balaban J connectivity index is 2.25. The summed E-state index contributed by atoms with van der Waals surface area (Å²) >= 11 is 0. The van der Waals surface area contributed by atoms with Crippen LogP contribution in [0.4, 0.5) is 11.6 Å². The van der Waals surface area contributed by atoms with Gasteiger partial charge in [-0.2, -0.15) is 5.10 Å². The molecule has 0 aliphatic rings. The lowest BCUT2D eigenvalue weighted by atomic mass is 10.1. The quantitative estimate of drug-likeness (QED) is 0.885. The summed E-state index contributed by atoms with van der Waals surface area (Å²) in [5, 5.41) is 10.1. The molecule has 0 aliphatic heterocycles. The summed E-state index contributed by atoms with van der Waals surface area (Å²) in [6.45, 7) is 3.98. The van der Waals surface area contributed by atoms with Gasteiger partial charge in [-0.1, -0.05) is 13.3 Å². The van der Waals surface area contributed by atoms with E-state index >= 15 is 0 Å². The van der Waals surface area contributed by atoms with Crippen molar-refractivity contribution in [3.05, 3.63) is 35.2 Å². The zero-order chi connectivity index (χ0) is 15.4. The number of anilines is 2. The van der Waals surface area contributed by atoms with E-state index in [-0.39, 0.29) is 5.91 Å². The number of aryl methyl sites for hydroxylation is 3. The van der Waals surface area contributed by atoms with Crippen LogP contribution in [0, 0.1) is 6.92 Å². The maximum Gasteiger partial charge on any atom is 0.257 e. The van der Waals surface area contributed by atoms with Gasteiger partial charge in [-0.15, -0.1) is 0 Å². The summed E-state index contributed by atoms with van der Waals surface area (Å²) in [5.74, 6) is 1.22. The van der Waals surface area contributed by atoms with E-state index in [9.17, 15) is 4.79 Å². The molecule has 0 fully saturated rings. The fourth-order valence-corrected chi connectivity index (χ4v) is 2.15. The lowest BCUT2D eigenvalue weighted by Gasteiger charge is -2.09. The average molecular weight is 287 g/mol. The molecular weight excluding hydrogens is 266 g/mol. The third kappa shape index (κ3) is 3.59. The molecule has 6 nitrogen and oxygen atoms in total. The first kappa shape index (κ1) is 15.0. The second kappa shape index (κ2) is 6.39. The Labute approximate surface area is 124 Å². The molecule has 21 heavy (non-hydrogen) atoms. The van der Waals surface area contributed by atoms with Crippen molar-refractivity contribution in [3.8, 4) is 0 Å². The van der Waals surface area contributed by atoms with Crippen molar-refractivity contribution in [1.82, 2.24) is 14.8 Å². The van der Waals surface area contributed by atoms with Gasteiger partial charge in [-0.3, -0.25) is 9.48 Å². The van der Waals surface area contributed by atoms with Gasteiger partial charge in [-0.25, -0.2) is 4.98 Å². The summed E-state index contributed by atoms with van der Waals surface area (Å²) in [6.07, 6.45) is 1.84. The normalized spacial score (nSPS) is 10.5. The molecule has 0 atom stereocenters. The lowest BCUT2D eigenvalue weighted by molar-refractivity contribution is 0.102. The number of hydrogen-bond donors (Lipinski definition) is 2. The zero-order valence-corrected chi connectivity index (χ0v) is 12.9. The fraction of sp³-hybridized carbons (Fsp3) is 0.400. The molecule has 0 bridgehead atoms. The van der Waals surface area contributed by atoms with Crippen LogP contribution in [0.15, 0.2) is 18.2 Å². The molecule has 2 rings (SSSR count). The van der Waals surface area contributed by atoms with E-state index in [2.05, 4.69) is 27.6 Å². The first-order valence-corrected chi connectivity index (χ1v) is 7.04. The fourth-order valence-electron chi connectivity index (χ4n) is 2.15. The largest absolute Gasteiger partial charge is 0.373 e. The number of pyridine rings is 1. The van der Waals surface area contributed by atoms with Crippen molar-refractivity contribution >= 4 is 17.5 Å². The number of hydrogen-bond acceptors (Lipinski definition) is 4. The minimum absolute atomic E-state index is 0.158. The first-order chi connectivity index (χ1) is 10.0. The number of rotatable bonds is 5. The third-order valence-electron chi connectivity index (χ3n) is 3.15. The second-order valence-electron chi connectivity index (χ2n) is 4.98. The molecular formula is C15H21N5O. The molecule has 1 amide bonds. The highest BCUT2D eigenvalue weighted by molar-refractivity contribution is 6.04.